The van der Waals surface area contributed by atoms with Crippen LogP contribution in [0.2, 0.25) is 0 Å². The highest BCUT2D eigenvalue weighted by molar-refractivity contribution is 5.87. The molecule has 0 N–H and O–H groups in total. The summed E-state index contributed by atoms with van der Waals surface area (Å²) in [5, 5.41) is -0.187. The number of nitrogens with zero attached hydrogens (tertiary/aromatic N) is 2. The Hall–Kier alpha value is -2.12. The predicted octanol–water partition coefficient (Wildman–Crippen LogP) is 2.81. The van der Waals surface area contributed by atoms with Gasteiger partial charge in [-0.15, -0.1) is 0 Å². The lowest BCUT2D eigenvalue weighted by atomic mass is 10.3. The van der Waals surface area contributed by atoms with Gasteiger partial charge in [0.15, 0.2) is 11.5 Å². The number of pyridine rings is 1. The van der Waals surface area contributed by atoms with E-state index in [2.05, 4.69) is 9.72 Å². The molecule has 0 fully saturated rings. The van der Waals surface area contributed by atoms with Gasteiger partial charge in [-0.3, -0.25) is 0 Å². The zero-order valence-corrected chi connectivity index (χ0v) is 8.95. The van der Waals surface area contributed by atoms with Crippen LogP contribution in [0.4, 0.5) is 22.4 Å². The van der Waals surface area contributed by atoms with Gasteiger partial charge in [-0.25, -0.2) is 18.7 Å². The Balaban J connectivity index is 2.70. The second-order valence-electron chi connectivity index (χ2n) is 3.38. The molecule has 0 saturated heterocycles. The number of carbonyl (C=O) groups excluding carboxylic acids is 1. The Morgan fingerprint density at radius 1 is 1.39 bits per heavy atom. The molecule has 0 radical (unpaired) electrons. The number of hydrogen-bond donors (Lipinski definition) is 0. The van der Waals surface area contributed by atoms with Crippen LogP contribution in [0.25, 0.3) is 11.0 Å². The van der Waals surface area contributed by atoms with Crippen molar-refractivity contribution in [3.8, 4) is 0 Å². The molecule has 4 nitrogen and oxygen atoms in total. The van der Waals surface area contributed by atoms with Gasteiger partial charge in [-0.1, -0.05) is 0 Å². The first-order valence-electron chi connectivity index (χ1n) is 4.67. The molecular formula is C10H6F4N2O2. The third-order valence-corrected chi connectivity index (χ3v) is 2.26. The van der Waals surface area contributed by atoms with Crippen molar-refractivity contribution in [2.24, 2.45) is 0 Å². The fourth-order valence-corrected chi connectivity index (χ4v) is 1.46. The van der Waals surface area contributed by atoms with E-state index in [1.165, 1.54) is 0 Å². The third-order valence-electron chi connectivity index (χ3n) is 2.26. The summed E-state index contributed by atoms with van der Waals surface area (Å²) in [6.07, 6.45) is -4.96. The van der Waals surface area contributed by atoms with E-state index in [4.69, 9.17) is 0 Å². The van der Waals surface area contributed by atoms with Gasteiger partial charge in [-0.2, -0.15) is 13.2 Å². The smallest absolute Gasteiger partial charge is 0.433 e. The summed E-state index contributed by atoms with van der Waals surface area (Å²) in [4.78, 5) is 14.5. The molecule has 0 aliphatic carbocycles. The molecule has 0 aromatic carbocycles. The van der Waals surface area contributed by atoms with E-state index in [-0.39, 0.29) is 5.39 Å². The summed E-state index contributed by atoms with van der Waals surface area (Å²) in [6.45, 7) is 0. The molecular weight excluding hydrogens is 256 g/mol. The largest absolute Gasteiger partial charge is 0.452 e. The zero-order chi connectivity index (χ0) is 13.5. The molecule has 0 spiro atoms. The summed E-state index contributed by atoms with van der Waals surface area (Å²) in [5.41, 5.74) is -1.65. The van der Waals surface area contributed by atoms with Crippen molar-refractivity contribution >= 4 is 17.1 Å². The van der Waals surface area contributed by atoms with Crippen LogP contribution in [0.1, 0.15) is 5.69 Å². The van der Waals surface area contributed by atoms with Crippen LogP contribution in [-0.2, 0) is 10.9 Å². The number of carbonyl (C=O) groups is 1. The summed E-state index contributed by atoms with van der Waals surface area (Å²) in [6, 6.07) is 1.56. The van der Waals surface area contributed by atoms with E-state index in [1.807, 2.05) is 0 Å². The molecule has 2 aromatic rings. The first kappa shape index (κ1) is 12.3. The van der Waals surface area contributed by atoms with Gasteiger partial charge in [-0.05, 0) is 12.1 Å². The van der Waals surface area contributed by atoms with Gasteiger partial charge in [0.1, 0.15) is 5.69 Å². The number of ether oxygens (including phenoxy) is 1. The lowest BCUT2D eigenvalue weighted by molar-refractivity contribution is -0.141. The van der Waals surface area contributed by atoms with Crippen LogP contribution >= 0.6 is 0 Å². The second-order valence-corrected chi connectivity index (χ2v) is 3.38. The molecule has 96 valence electrons. The number of fused-ring (bicyclic) bond motifs is 1. The maximum absolute atomic E-state index is 13.4. The van der Waals surface area contributed by atoms with Gasteiger partial charge >= 0.3 is 12.3 Å². The van der Waals surface area contributed by atoms with E-state index in [0.717, 1.165) is 19.4 Å². The normalized spacial score (nSPS) is 11.8. The first-order valence-corrected chi connectivity index (χ1v) is 4.67. The molecule has 2 rings (SSSR count). The zero-order valence-electron chi connectivity index (χ0n) is 8.95. The quantitative estimate of drug-likeness (QED) is 0.686. The van der Waals surface area contributed by atoms with Gasteiger partial charge in [0.2, 0.25) is 0 Å². The number of hydrogen-bond acceptors (Lipinski definition) is 3. The molecule has 0 saturated carbocycles. The van der Waals surface area contributed by atoms with Crippen molar-refractivity contribution in [1.82, 2.24) is 9.55 Å². The minimum absolute atomic E-state index is 0.187. The lowest BCUT2D eigenvalue weighted by Crippen LogP contribution is -2.13. The molecule has 0 amide bonds. The van der Waals surface area contributed by atoms with E-state index < -0.39 is 29.4 Å². The summed E-state index contributed by atoms with van der Waals surface area (Å²) in [7, 11) is 1.03. The molecule has 2 heterocycles. The summed E-state index contributed by atoms with van der Waals surface area (Å²) >= 11 is 0. The number of rotatable bonds is 0. The van der Waals surface area contributed by atoms with Crippen LogP contribution in [0.15, 0.2) is 18.3 Å². The molecule has 0 atom stereocenters. The highest BCUT2D eigenvalue weighted by Crippen LogP contribution is 2.30. The fraction of sp³-hybridized carbons (Fsp3) is 0.200. The van der Waals surface area contributed by atoms with Crippen molar-refractivity contribution in [1.29, 1.82) is 0 Å². The van der Waals surface area contributed by atoms with Crippen LogP contribution in [-0.4, -0.2) is 22.8 Å². The molecule has 0 unspecified atom stereocenters. The van der Waals surface area contributed by atoms with Gasteiger partial charge in [0, 0.05) is 0 Å². The van der Waals surface area contributed by atoms with Crippen LogP contribution < -0.4 is 0 Å². The Kier molecular flexibility index (Phi) is 2.72. The average molecular weight is 262 g/mol. The molecule has 18 heavy (non-hydrogen) atoms. The minimum Gasteiger partial charge on any atom is -0.452 e. The Labute approximate surface area is 97.8 Å². The standard InChI is InChI=1S/C10H6F4N2O2/c1-18-9(17)16-4-6(11)5-2-3-7(10(12,13)14)15-8(5)16/h2-4H,1H3. The van der Waals surface area contributed by atoms with Crippen molar-refractivity contribution in [3.05, 3.63) is 29.8 Å². The SMILES string of the molecule is COC(=O)n1cc(F)c2ccc(C(F)(F)F)nc21. The lowest BCUT2D eigenvalue weighted by Gasteiger charge is -2.06. The van der Waals surface area contributed by atoms with Crippen molar-refractivity contribution in [3.63, 3.8) is 0 Å². The summed E-state index contributed by atoms with van der Waals surface area (Å²) in [5.74, 6) is -0.850. The average Bonchev–Trinajstić information content (AvgIpc) is 2.64. The summed E-state index contributed by atoms with van der Waals surface area (Å²) < 4.78 is 55.7. The topological polar surface area (TPSA) is 44.1 Å². The third kappa shape index (κ3) is 1.89. The first-order chi connectivity index (χ1) is 8.34. The van der Waals surface area contributed by atoms with E-state index in [9.17, 15) is 22.4 Å². The van der Waals surface area contributed by atoms with E-state index in [0.29, 0.717) is 10.6 Å². The number of halogens is 4. The Morgan fingerprint density at radius 2 is 2.06 bits per heavy atom. The molecule has 0 aliphatic rings. The molecule has 0 bridgehead atoms. The highest BCUT2D eigenvalue weighted by Gasteiger charge is 2.33. The number of alkyl halides is 3. The van der Waals surface area contributed by atoms with E-state index in [1.54, 1.807) is 0 Å². The molecule has 0 aliphatic heterocycles. The molecule has 8 heteroatoms. The van der Waals surface area contributed by atoms with Crippen molar-refractivity contribution in [2.45, 2.75) is 6.18 Å². The highest BCUT2D eigenvalue weighted by atomic mass is 19.4. The van der Waals surface area contributed by atoms with E-state index >= 15 is 0 Å². The van der Waals surface area contributed by atoms with Gasteiger partial charge in [0.05, 0.1) is 18.7 Å². The van der Waals surface area contributed by atoms with Gasteiger partial charge < -0.3 is 4.74 Å². The fourth-order valence-electron chi connectivity index (χ4n) is 1.46. The molecule has 2 aromatic heterocycles. The Bertz CT molecular complexity index is 618. The van der Waals surface area contributed by atoms with Crippen LogP contribution in [0.3, 0.4) is 0 Å². The van der Waals surface area contributed by atoms with Crippen LogP contribution in [0.5, 0.6) is 0 Å². The second kappa shape index (κ2) is 3.97. The number of methoxy groups -OCH3 is 1. The monoisotopic (exact) mass is 262 g/mol. The minimum atomic E-state index is -4.67. The van der Waals surface area contributed by atoms with Crippen molar-refractivity contribution < 1.29 is 27.1 Å². The Morgan fingerprint density at radius 3 is 2.61 bits per heavy atom. The predicted molar refractivity (Wildman–Crippen MR) is 52.5 cm³/mol. The van der Waals surface area contributed by atoms with Crippen LogP contribution in [0, 0.1) is 5.82 Å². The maximum atomic E-state index is 13.4. The van der Waals surface area contributed by atoms with Crippen molar-refractivity contribution in [2.75, 3.05) is 7.11 Å². The maximum Gasteiger partial charge on any atom is 0.433 e. The number of aromatic nitrogens is 2. The van der Waals surface area contributed by atoms with Gasteiger partial charge in [0.25, 0.3) is 0 Å².